The summed E-state index contributed by atoms with van der Waals surface area (Å²) in [6.07, 6.45) is 0. The lowest BCUT2D eigenvalue weighted by Gasteiger charge is -2.60. The monoisotopic (exact) mass is 218 g/mol. The summed E-state index contributed by atoms with van der Waals surface area (Å²) in [5, 5.41) is 2.47. The van der Waals surface area contributed by atoms with Crippen LogP contribution in [0.15, 0.2) is 0 Å². The zero-order valence-electron chi connectivity index (χ0n) is 11.6. The van der Waals surface area contributed by atoms with Gasteiger partial charge in [0.1, 0.15) is 0 Å². The van der Waals surface area contributed by atoms with E-state index in [1.165, 1.54) is 0 Å². The van der Waals surface area contributed by atoms with Gasteiger partial charge < -0.3 is 0 Å². The Kier molecular flexibility index (Phi) is 4.58. The van der Waals surface area contributed by atoms with E-state index in [0.717, 1.165) is 15.7 Å². The van der Waals surface area contributed by atoms with Crippen molar-refractivity contribution >= 4 is 10.0 Å². The lowest BCUT2D eigenvalue weighted by molar-refractivity contribution is 0.738. The average Bonchev–Trinajstić information content (AvgIpc) is 1.79. The second kappa shape index (κ2) is 4.47. The molecule has 0 fully saturated rings. The molecule has 0 atom stereocenters. The second-order valence-electron chi connectivity index (χ2n) is 6.02. The first kappa shape index (κ1) is 14.3. The van der Waals surface area contributed by atoms with Gasteiger partial charge in [0.15, 0.2) is 0 Å². The third kappa shape index (κ3) is 2.13. The van der Waals surface area contributed by atoms with E-state index in [1.54, 1.807) is 0 Å². The maximum atomic E-state index is 2.43. The van der Waals surface area contributed by atoms with Crippen LogP contribution >= 0.6 is 10.0 Å². The van der Waals surface area contributed by atoms with Crippen LogP contribution < -0.4 is 0 Å². The van der Waals surface area contributed by atoms with Crippen LogP contribution in [0.5, 0.6) is 0 Å². The first-order valence-corrected chi connectivity index (χ1v) is 7.70. The Labute approximate surface area is 93.2 Å². The molecule has 0 aromatic carbocycles. The molecule has 0 aromatic heterocycles. The molecule has 0 saturated carbocycles. The lowest BCUT2D eigenvalue weighted by atomic mass is 10.3. The van der Waals surface area contributed by atoms with Crippen molar-refractivity contribution in [3.05, 3.63) is 0 Å². The van der Waals surface area contributed by atoms with E-state index in [2.05, 4.69) is 62.3 Å². The number of hydrogen-bond donors (Lipinski definition) is 0. The fourth-order valence-electron chi connectivity index (χ4n) is 3.75. The van der Waals surface area contributed by atoms with Gasteiger partial charge >= 0.3 is 0 Å². The predicted molar refractivity (Wildman–Crippen MR) is 72.8 cm³/mol. The van der Waals surface area contributed by atoms with Crippen molar-refractivity contribution in [1.29, 1.82) is 0 Å². The topological polar surface area (TPSA) is 0 Å². The summed E-state index contributed by atoms with van der Waals surface area (Å²) >= 11 is 0. The Hall–Kier alpha value is 0.350. The van der Waals surface area contributed by atoms with Crippen LogP contribution in [0.4, 0.5) is 0 Å². The van der Waals surface area contributed by atoms with E-state index in [1.807, 2.05) is 0 Å². The van der Waals surface area contributed by atoms with Gasteiger partial charge in [0.05, 0.1) is 0 Å². The van der Waals surface area contributed by atoms with Gasteiger partial charge in [-0.15, -0.1) is 0 Å². The molecule has 88 valence electrons. The van der Waals surface area contributed by atoms with Crippen molar-refractivity contribution in [2.75, 3.05) is 0 Å². The summed E-state index contributed by atoms with van der Waals surface area (Å²) in [7, 11) is -0.563. The van der Waals surface area contributed by atoms with E-state index in [-0.39, 0.29) is 0 Å². The Morgan fingerprint density at radius 2 is 0.857 bits per heavy atom. The Morgan fingerprint density at radius 3 is 0.857 bits per heavy atom. The minimum absolute atomic E-state index is 0.462. The van der Waals surface area contributed by atoms with E-state index in [9.17, 15) is 0 Å². The molecule has 0 saturated heterocycles. The van der Waals surface area contributed by atoms with Gasteiger partial charge in [-0.1, -0.05) is 62.3 Å². The molecule has 0 nitrogen and oxygen atoms in total. The highest BCUT2D eigenvalue weighted by atomic mass is 32.3. The van der Waals surface area contributed by atoms with Crippen molar-refractivity contribution in [2.45, 2.75) is 82.8 Å². The normalized spacial score (nSPS) is 15.7. The maximum absolute atomic E-state index is 2.43. The molecule has 0 aliphatic carbocycles. The van der Waals surface area contributed by atoms with Crippen LogP contribution in [-0.4, -0.2) is 20.5 Å². The van der Waals surface area contributed by atoms with E-state index in [0.29, 0.717) is 4.75 Å². The first-order valence-electron chi connectivity index (χ1n) is 5.88. The molecule has 0 spiro atoms. The Bertz CT molecular complexity index is 150. The van der Waals surface area contributed by atoms with Crippen molar-refractivity contribution < 1.29 is 0 Å². The quantitative estimate of drug-likeness (QED) is 0.637. The summed E-state index contributed by atoms with van der Waals surface area (Å²) in [4.78, 5) is 0. The Morgan fingerprint density at radius 1 is 0.643 bits per heavy atom. The molecule has 14 heavy (non-hydrogen) atoms. The molecule has 0 rings (SSSR count). The smallest absolute Gasteiger partial charge is 0.00756 e. The molecular formula is C13H30S. The van der Waals surface area contributed by atoms with Crippen LogP contribution in [-0.2, 0) is 0 Å². The molecule has 0 aliphatic heterocycles. The molecule has 0 aliphatic rings. The first-order chi connectivity index (χ1) is 6.08. The van der Waals surface area contributed by atoms with Crippen LogP contribution in [0, 0.1) is 0 Å². The molecule has 0 aromatic rings. The molecular weight excluding hydrogens is 188 g/mol. The third-order valence-corrected chi connectivity index (χ3v) is 10.2. The molecule has 0 radical (unpaired) electrons. The van der Waals surface area contributed by atoms with Gasteiger partial charge in [-0.05, 0) is 20.5 Å². The van der Waals surface area contributed by atoms with Gasteiger partial charge in [-0.25, -0.2) is 10.0 Å². The predicted octanol–water partition coefficient (Wildman–Crippen LogP) is 4.81. The minimum atomic E-state index is -0.563. The van der Waals surface area contributed by atoms with Gasteiger partial charge in [-0.3, -0.25) is 0 Å². The Balaban J connectivity index is 5.40. The van der Waals surface area contributed by atoms with Crippen LogP contribution in [0.1, 0.15) is 62.3 Å². The SMILES string of the molecule is CC(C)S(C(C)C)(C(C)C)C(C)(C)C. The molecule has 0 heterocycles. The summed E-state index contributed by atoms with van der Waals surface area (Å²) < 4.78 is 0.462. The van der Waals surface area contributed by atoms with Gasteiger partial charge in [0, 0.05) is 0 Å². The zero-order valence-corrected chi connectivity index (χ0v) is 12.5. The lowest BCUT2D eigenvalue weighted by Crippen LogP contribution is -2.41. The highest BCUT2D eigenvalue weighted by molar-refractivity contribution is 8.36. The average molecular weight is 218 g/mol. The van der Waals surface area contributed by atoms with Gasteiger partial charge in [-0.2, -0.15) is 0 Å². The highest BCUT2D eigenvalue weighted by Gasteiger charge is 2.43. The highest BCUT2D eigenvalue weighted by Crippen LogP contribution is 2.68. The molecule has 0 unspecified atom stereocenters. The van der Waals surface area contributed by atoms with E-state index in [4.69, 9.17) is 0 Å². The fourth-order valence-corrected chi connectivity index (χ4v) is 11.3. The fraction of sp³-hybridized carbons (Fsp3) is 1.00. The summed E-state index contributed by atoms with van der Waals surface area (Å²) in [5.74, 6) is 0. The van der Waals surface area contributed by atoms with Crippen molar-refractivity contribution in [1.82, 2.24) is 0 Å². The number of hydrogen-bond acceptors (Lipinski definition) is 0. The van der Waals surface area contributed by atoms with Crippen molar-refractivity contribution in [3.8, 4) is 0 Å². The molecule has 0 N–H and O–H groups in total. The third-order valence-electron chi connectivity index (χ3n) is 3.40. The van der Waals surface area contributed by atoms with Gasteiger partial charge in [0.2, 0.25) is 0 Å². The van der Waals surface area contributed by atoms with Crippen LogP contribution in [0.2, 0.25) is 0 Å². The minimum Gasteiger partial charge on any atom is -0.229 e. The van der Waals surface area contributed by atoms with E-state index < -0.39 is 10.0 Å². The standard InChI is InChI=1S/C13H30S/c1-10(2)14(11(3)4,12(5)6)13(7,8)9/h10-12H,1-9H3. The summed E-state index contributed by atoms with van der Waals surface area (Å²) in [6.45, 7) is 21.8. The molecule has 0 bridgehead atoms. The summed E-state index contributed by atoms with van der Waals surface area (Å²) in [5.41, 5.74) is 0. The van der Waals surface area contributed by atoms with Crippen LogP contribution in [0.25, 0.3) is 0 Å². The van der Waals surface area contributed by atoms with Crippen molar-refractivity contribution in [2.24, 2.45) is 0 Å². The zero-order chi connectivity index (χ0) is 11.7. The van der Waals surface area contributed by atoms with Crippen molar-refractivity contribution in [3.63, 3.8) is 0 Å². The van der Waals surface area contributed by atoms with Crippen LogP contribution in [0.3, 0.4) is 0 Å². The van der Waals surface area contributed by atoms with Gasteiger partial charge in [0.25, 0.3) is 0 Å². The van der Waals surface area contributed by atoms with E-state index >= 15 is 0 Å². The maximum Gasteiger partial charge on any atom is -0.00756 e. The largest absolute Gasteiger partial charge is 0.229 e. The molecule has 1 heteroatoms. The summed E-state index contributed by atoms with van der Waals surface area (Å²) in [6, 6.07) is 0. The second-order valence-corrected chi connectivity index (χ2v) is 11.6. The molecule has 0 amide bonds. The number of rotatable bonds is 3.